The van der Waals surface area contributed by atoms with E-state index in [0.717, 1.165) is 61.3 Å². The van der Waals surface area contributed by atoms with Crippen molar-refractivity contribution in [1.82, 2.24) is 14.5 Å². The number of piperidine rings is 1. The zero-order valence-electron chi connectivity index (χ0n) is 26.3. The summed E-state index contributed by atoms with van der Waals surface area (Å²) in [5, 5.41) is 3.22. The van der Waals surface area contributed by atoms with Crippen molar-refractivity contribution in [2.45, 2.75) is 64.2 Å². The molecule has 0 spiro atoms. The maximum atomic E-state index is 15.4. The number of halogens is 1. The first-order valence-corrected chi connectivity index (χ1v) is 17.0. The van der Waals surface area contributed by atoms with E-state index >= 15 is 4.39 Å². The van der Waals surface area contributed by atoms with E-state index in [1.165, 1.54) is 51.1 Å². The predicted molar refractivity (Wildman–Crippen MR) is 180 cm³/mol. The molecule has 234 valence electrons. The van der Waals surface area contributed by atoms with E-state index in [1.807, 2.05) is 19.1 Å². The van der Waals surface area contributed by atoms with Crippen molar-refractivity contribution < 1.29 is 9.18 Å². The SMILES string of the molecule is CCc1c(-c2cn(C)c(=O)c(Nc3ccc(C4CCN(C)CC4)cc3)n2)cc(F)cc1N1CCc2c(sc3c2CCCC3)C1=O. The van der Waals surface area contributed by atoms with Crippen molar-refractivity contribution in [3.8, 4) is 11.3 Å². The van der Waals surface area contributed by atoms with Crippen LogP contribution in [0.5, 0.6) is 0 Å². The van der Waals surface area contributed by atoms with Gasteiger partial charge in [0, 0.05) is 35.9 Å². The van der Waals surface area contributed by atoms with Gasteiger partial charge in [-0.05, 0) is 124 Å². The lowest BCUT2D eigenvalue weighted by molar-refractivity contribution is 0.0984. The first-order valence-electron chi connectivity index (χ1n) is 16.2. The molecule has 0 saturated carbocycles. The number of rotatable bonds is 6. The normalized spacial score (nSPS) is 17.3. The number of thiophene rings is 1. The summed E-state index contributed by atoms with van der Waals surface area (Å²) in [6, 6.07) is 11.2. The Kier molecular flexibility index (Phi) is 8.08. The lowest BCUT2D eigenvalue weighted by atomic mass is 9.89. The minimum Gasteiger partial charge on any atom is -0.336 e. The summed E-state index contributed by atoms with van der Waals surface area (Å²) < 4.78 is 16.9. The number of aromatic nitrogens is 2. The molecule has 7 nitrogen and oxygen atoms in total. The van der Waals surface area contributed by atoms with Crippen LogP contribution in [0.2, 0.25) is 0 Å². The summed E-state index contributed by atoms with van der Waals surface area (Å²) in [5.74, 6) is 0.248. The third-order valence-electron chi connectivity index (χ3n) is 9.85. The molecule has 1 amide bonds. The number of likely N-dealkylation sites (tertiary alicyclic amines) is 1. The molecule has 3 aliphatic rings. The van der Waals surface area contributed by atoms with Crippen LogP contribution in [0.15, 0.2) is 47.4 Å². The van der Waals surface area contributed by atoms with Crippen LogP contribution >= 0.6 is 11.3 Å². The zero-order valence-corrected chi connectivity index (χ0v) is 27.1. The van der Waals surface area contributed by atoms with E-state index in [-0.39, 0.29) is 17.3 Å². The highest BCUT2D eigenvalue weighted by atomic mass is 32.1. The molecule has 1 aliphatic carbocycles. The number of aryl methyl sites for hydroxylation is 2. The van der Waals surface area contributed by atoms with Crippen LogP contribution in [0.4, 0.5) is 21.6 Å². The number of carbonyl (C=O) groups is 1. The maximum absolute atomic E-state index is 15.4. The molecule has 0 unspecified atom stereocenters. The van der Waals surface area contributed by atoms with Crippen LogP contribution in [0, 0.1) is 5.82 Å². The van der Waals surface area contributed by atoms with Gasteiger partial charge in [0.05, 0.1) is 16.3 Å². The summed E-state index contributed by atoms with van der Waals surface area (Å²) in [6.45, 7) is 4.73. The zero-order chi connectivity index (χ0) is 31.2. The van der Waals surface area contributed by atoms with Gasteiger partial charge in [-0.25, -0.2) is 9.37 Å². The second-order valence-electron chi connectivity index (χ2n) is 12.7. The molecule has 0 radical (unpaired) electrons. The molecule has 4 aromatic rings. The molecule has 45 heavy (non-hydrogen) atoms. The number of nitrogens with zero attached hydrogens (tertiary/aromatic N) is 4. The molecule has 4 heterocycles. The van der Waals surface area contributed by atoms with Gasteiger partial charge in [-0.1, -0.05) is 19.1 Å². The molecule has 9 heteroatoms. The second kappa shape index (κ2) is 12.2. The number of anilines is 3. The van der Waals surface area contributed by atoms with Gasteiger partial charge in [-0.3, -0.25) is 9.59 Å². The lowest BCUT2D eigenvalue weighted by Gasteiger charge is -2.30. The molecule has 1 fully saturated rings. The number of benzene rings is 2. The summed E-state index contributed by atoms with van der Waals surface area (Å²) in [4.78, 5) is 38.1. The Morgan fingerprint density at radius 1 is 0.978 bits per heavy atom. The molecular weight excluding hydrogens is 585 g/mol. The van der Waals surface area contributed by atoms with Crippen molar-refractivity contribution >= 4 is 34.4 Å². The Morgan fingerprint density at radius 3 is 2.49 bits per heavy atom. The number of fused-ring (bicyclic) bond motifs is 3. The first-order chi connectivity index (χ1) is 21.8. The van der Waals surface area contributed by atoms with E-state index in [4.69, 9.17) is 4.98 Å². The topological polar surface area (TPSA) is 70.5 Å². The van der Waals surface area contributed by atoms with Gasteiger partial charge in [0.15, 0.2) is 5.82 Å². The van der Waals surface area contributed by atoms with Crippen LogP contribution < -0.4 is 15.8 Å². The number of hydrogen-bond acceptors (Lipinski definition) is 6. The Labute approximate surface area is 267 Å². The van der Waals surface area contributed by atoms with Crippen molar-refractivity contribution in [2.75, 3.05) is 36.9 Å². The molecule has 2 aromatic carbocycles. The van der Waals surface area contributed by atoms with Crippen LogP contribution in [0.1, 0.15) is 75.3 Å². The summed E-state index contributed by atoms with van der Waals surface area (Å²) in [6.07, 6.45) is 9.73. The van der Waals surface area contributed by atoms with Crippen molar-refractivity contribution in [1.29, 1.82) is 0 Å². The van der Waals surface area contributed by atoms with Gasteiger partial charge in [0.2, 0.25) is 0 Å². The van der Waals surface area contributed by atoms with Crippen LogP contribution in [0.3, 0.4) is 0 Å². The van der Waals surface area contributed by atoms with E-state index in [9.17, 15) is 9.59 Å². The smallest absolute Gasteiger partial charge is 0.293 e. The molecule has 1 saturated heterocycles. The summed E-state index contributed by atoms with van der Waals surface area (Å²) in [7, 11) is 3.85. The van der Waals surface area contributed by atoms with Crippen LogP contribution in [-0.4, -0.2) is 47.0 Å². The highest BCUT2D eigenvalue weighted by molar-refractivity contribution is 7.14. The molecule has 0 bridgehead atoms. The third-order valence-corrected chi connectivity index (χ3v) is 11.2. The number of hydrogen-bond donors (Lipinski definition) is 1. The highest BCUT2D eigenvalue weighted by Gasteiger charge is 2.33. The molecule has 1 N–H and O–H groups in total. The standard InChI is InChI=1S/C36H40FN5O2S/c1-4-26-29(19-24(37)20-31(26)42-18-15-28-27-7-5-6-8-32(27)45-33(28)35(42)43)30-21-41(3)36(44)34(39-30)38-25-11-9-22(10-12-25)23-13-16-40(2)17-14-23/h9-12,19-21,23H,4-8,13-18H2,1-3H3,(H,38,39). The molecule has 0 atom stereocenters. The first kappa shape index (κ1) is 29.9. The van der Waals surface area contributed by atoms with Gasteiger partial charge in [-0.15, -0.1) is 11.3 Å². The van der Waals surface area contributed by atoms with Gasteiger partial charge in [0.1, 0.15) is 5.82 Å². The van der Waals surface area contributed by atoms with Crippen molar-refractivity contribution in [3.05, 3.63) is 90.8 Å². The second-order valence-corrected chi connectivity index (χ2v) is 13.9. The Bertz CT molecular complexity index is 1820. The average molecular weight is 626 g/mol. The largest absolute Gasteiger partial charge is 0.336 e. The van der Waals surface area contributed by atoms with Crippen LogP contribution in [-0.2, 0) is 32.7 Å². The number of amides is 1. The average Bonchev–Trinajstić information content (AvgIpc) is 3.43. The fourth-order valence-corrected chi connectivity index (χ4v) is 8.73. The lowest BCUT2D eigenvalue weighted by Crippen LogP contribution is -2.37. The van der Waals surface area contributed by atoms with Gasteiger partial charge in [0.25, 0.3) is 11.5 Å². The number of carbonyl (C=O) groups excluding carboxylic acids is 1. The molecule has 2 aliphatic heterocycles. The fraction of sp³-hybridized carbons (Fsp3) is 0.417. The van der Waals surface area contributed by atoms with E-state index in [0.29, 0.717) is 35.8 Å². The maximum Gasteiger partial charge on any atom is 0.293 e. The predicted octanol–water partition coefficient (Wildman–Crippen LogP) is 6.84. The summed E-state index contributed by atoms with van der Waals surface area (Å²) >= 11 is 1.63. The summed E-state index contributed by atoms with van der Waals surface area (Å²) in [5.41, 5.74) is 6.91. The Hall–Kier alpha value is -3.82. The minimum atomic E-state index is -0.434. The monoisotopic (exact) mass is 625 g/mol. The fourth-order valence-electron chi connectivity index (χ4n) is 7.34. The molecule has 7 rings (SSSR count). The van der Waals surface area contributed by atoms with Gasteiger partial charge < -0.3 is 19.7 Å². The van der Waals surface area contributed by atoms with Gasteiger partial charge in [-0.2, -0.15) is 0 Å². The van der Waals surface area contributed by atoms with Crippen molar-refractivity contribution in [3.63, 3.8) is 0 Å². The van der Waals surface area contributed by atoms with Crippen molar-refractivity contribution in [2.24, 2.45) is 7.05 Å². The van der Waals surface area contributed by atoms with E-state index < -0.39 is 5.82 Å². The quantitative estimate of drug-likeness (QED) is 0.254. The van der Waals surface area contributed by atoms with Crippen LogP contribution in [0.25, 0.3) is 11.3 Å². The Balaban J connectivity index is 1.20. The van der Waals surface area contributed by atoms with E-state index in [1.54, 1.807) is 29.5 Å². The molecule has 2 aromatic heterocycles. The Morgan fingerprint density at radius 2 is 1.73 bits per heavy atom. The highest BCUT2D eigenvalue weighted by Crippen LogP contribution is 2.41. The third kappa shape index (κ3) is 5.61. The van der Waals surface area contributed by atoms with Gasteiger partial charge >= 0.3 is 0 Å². The molecular formula is C36H40FN5O2S. The van der Waals surface area contributed by atoms with E-state index in [2.05, 4.69) is 29.4 Å². The number of nitrogens with one attached hydrogen (secondary N) is 1. The minimum absolute atomic E-state index is 0.0404.